The highest BCUT2D eigenvalue weighted by atomic mass is 15.1. The van der Waals surface area contributed by atoms with Crippen LogP contribution in [0.1, 0.15) is 50.0 Å². The first-order valence-corrected chi connectivity index (χ1v) is 25.6. The molecule has 1 heterocycles. The third-order valence-corrected chi connectivity index (χ3v) is 17.1. The minimum absolute atomic E-state index is 0.0307. The number of para-hydroxylation sites is 2. The van der Waals surface area contributed by atoms with Crippen LogP contribution < -0.4 is 4.90 Å². The quantitative estimate of drug-likeness (QED) is 0.171. The zero-order valence-corrected chi connectivity index (χ0v) is 40.0. The van der Waals surface area contributed by atoms with Crippen LogP contribution in [0.3, 0.4) is 0 Å². The SMILES string of the molecule is [2H]c1c([2H])c([2H])c2c(c1[2H])-c1c(N(c3ccc4c(c3)C3(c5ccccc5-c5ccccc53)c3ccccc3-4)c3ccc4c(c3)c3ccccc3n4-c3ccccc3)cccc1C21c2ccccc2-c2cccc3cccc1c23. The summed E-state index contributed by atoms with van der Waals surface area (Å²) in [7, 11) is 0. The normalized spacial score (nSPS) is 16.2. The predicted molar refractivity (Wildman–Crippen MR) is 306 cm³/mol. The Bertz CT molecular complexity index is 4750. The molecule has 0 N–H and O–H groups in total. The van der Waals surface area contributed by atoms with Gasteiger partial charge in [0.1, 0.15) is 0 Å². The molecule has 4 aliphatic carbocycles. The minimum Gasteiger partial charge on any atom is -0.310 e. The highest BCUT2D eigenvalue weighted by Gasteiger charge is 2.53. The van der Waals surface area contributed by atoms with Crippen LogP contribution in [-0.4, -0.2) is 4.57 Å². The van der Waals surface area contributed by atoms with Gasteiger partial charge >= 0.3 is 0 Å². The van der Waals surface area contributed by atoms with E-state index in [0.29, 0.717) is 11.1 Å². The Balaban J connectivity index is 1.02. The predicted octanol–water partition coefficient (Wildman–Crippen LogP) is 18.1. The molecule has 2 heteroatoms. The van der Waals surface area contributed by atoms with Gasteiger partial charge in [0.15, 0.2) is 0 Å². The summed E-state index contributed by atoms with van der Waals surface area (Å²) in [6.07, 6.45) is 0. The molecule has 0 radical (unpaired) electrons. The van der Waals surface area contributed by atoms with Crippen molar-refractivity contribution in [2.45, 2.75) is 10.8 Å². The van der Waals surface area contributed by atoms with E-state index in [1.54, 1.807) is 0 Å². The lowest BCUT2D eigenvalue weighted by Crippen LogP contribution is -2.31. The molecule has 1 atom stereocenters. The lowest BCUT2D eigenvalue weighted by atomic mass is 9.61. The summed E-state index contributed by atoms with van der Waals surface area (Å²) in [6, 6.07) is 87.1. The number of hydrogen-bond donors (Lipinski definition) is 0. The summed E-state index contributed by atoms with van der Waals surface area (Å²) in [5.41, 5.74) is 21.0. The number of anilines is 3. The molecule has 2 spiro atoms. The van der Waals surface area contributed by atoms with Crippen molar-refractivity contribution in [3.8, 4) is 50.2 Å². The van der Waals surface area contributed by atoms with E-state index < -0.39 is 10.8 Å². The summed E-state index contributed by atoms with van der Waals surface area (Å²) in [5.74, 6) is 0. The van der Waals surface area contributed by atoms with Gasteiger partial charge in [0.05, 0.1) is 33.0 Å². The Hall–Kier alpha value is -9.50. The topological polar surface area (TPSA) is 8.17 Å². The van der Waals surface area contributed by atoms with E-state index in [9.17, 15) is 5.48 Å². The molecule has 0 bridgehead atoms. The van der Waals surface area contributed by atoms with Crippen LogP contribution in [0.4, 0.5) is 17.1 Å². The van der Waals surface area contributed by atoms with Crippen molar-refractivity contribution >= 4 is 49.6 Å². The summed E-state index contributed by atoms with van der Waals surface area (Å²) in [6.45, 7) is 0. The van der Waals surface area contributed by atoms with E-state index in [1.165, 1.54) is 44.5 Å². The van der Waals surface area contributed by atoms with Crippen molar-refractivity contribution in [1.29, 1.82) is 0 Å². The first kappa shape index (κ1) is 36.4. The lowest BCUT2D eigenvalue weighted by molar-refractivity contribution is 0.773. The minimum atomic E-state index is -1.11. The molecule has 0 fully saturated rings. The number of benzene rings is 12. The van der Waals surface area contributed by atoms with Crippen molar-refractivity contribution in [2.24, 2.45) is 0 Å². The van der Waals surface area contributed by atoms with Crippen LogP contribution in [0.15, 0.2) is 267 Å². The maximum absolute atomic E-state index is 10.2. The highest BCUT2D eigenvalue weighted by Crippen LogP contribution is 2.66. The Kier molecular flexibility index (Phi) is 7.17. The van der Waals surface area contributed by atoms with Gasteiger partial charge in [-0.3, -0.25) is 0 Å². The fraction of sp³-hybridized carbons (Fsp3) is 0.0278. The molecule has 0 saturated carbocycles. The van der Waals surface area contributed by atoms with Crippen LogP contribution in [0, 0.1) is 0 Å². The molecular formula is C72H44N2. The van der Waals surface area contributed by atoms with E-state index in [2.05, 4.69) is 252 Å². The summed E-state index contributed by atoms with van der Waals surface area (Å²) in [4.78, 5) is 2.38. The first-order chi connectivity index (χ1) is 38.4. The standard InChI is InChI=1S/C72H44N2/c1-2-21-46(22-3-1)74-66-37-15-9-27-54(66)57-43-47(40-42-67(57)74)73(48-39-41-53-51-25-6-12-32-60(51)71(65(53)44-48)58-30-10-4-23-49(58)50-24-5-11-31-59(50)71)68-38-18-36-64-70(68)56-28-8-14-34-62(56)72(64)61-33-13-7-26-52(61)55-29-16-19-45-20-17-35-63(72)69(45)55/h1-44H/i8D,14D,28D,34D. The van der Waals surface area contributed by atoms with Crippen LogP contribution in [-0.2, 0) is 10.8 Å². The monoisotopic (exact) mass is 940 g/mol. The zero-order chi connectivity index (χ0) is 51.8. The average molecular weight is 941 g/mol. The Morgan fingerprint density at radius 3 is 1.58 bits per heavy atom. The number of nitrogens with zero attached hydrogens (tertiary/aromatic N) is 2. The number of rotatable bonds is 4. The fourth-order valence-electron chi connectivity index (χ4n) is 14.4. The molecule has 17 rings (SSSR count). The Morgan fingerprint density at radius 2 is 0.851 bits per heavy atom. The second-order valence-electron chi connectivity index (χ2n) is 20.3. The molecule has 2 nitrogen and oxygen atoms in total. The molecule has 13 aromatic rings. The summed E-state index contributed by atoms with van der Waals surface area (Å²) in [5, 5.41) is 4.39. The molecule has 0 amide bonds. The van der Waals surface area contributed by atoms with Crippen LogP contribution in [0.2, 0.25) is 0 Å². The Morgan fingerprint density at radius 1 is 0.338 bits per heavy atom. The van der Waals surface area contributed by atoms with Crippen molar-refractivity contribution in [3.63, 3.8) is 0 Å². The largest absolute Gasteiger partial charge is 0.310 e. The van der Waals surface area contributed by atoms with E-state index >= 15 is 0 Å². The maximum Gasteiger partial charge on any atom is 0.0726 e. The molecule has 342 valence electrons. The van der Waals surface area contributed by atoms with Gasteiger partial charge in [-0.2, -0.15) is 0 Å². The van der Waals surface area contributed by atoms with Gasteiger partial charge in [-0.1, -0.05) is 212 Å². The average Bonchev–Trinajstić information content (AvgIpc) is 3.66. The molecule has 4 aliphatic rings. The van der Waals surface area contributed by atoms with Crippen molar-refractivity contribution in [3.05, 3.63) is 311 Å². The van der Waals surface area contributed by atoms with Crippen molar-refractivity contribution < 1.29 is 5.48 Å². The second-order valence-corrected chi connectivity index (χ2v) is 20.3. The van der Waals surface area contributed by atoms with Gasteiger partial charge in [0.25, 0.3) is 0 Å². The number of fused-ring (bicyclic) bond motifs is 22. The molecule has 0 saturated heterocycles. The fourth-order valence-corrected chi connectivity index (χ4v) is 14.4. The Labute approximate surface area is 434 Å². The first-order valence-electron chi connectivity index (χ1n) is 27.6. The van der Waals surface area contributed by atoms with E-state index in [1.807, 2.05) is 0 Å². The highest BCUT2D eigenvalue weighted by molar-refractivity contribution is 6.12. The third-order valence-electron chi connectivity index (χ3n) is 17.1. The van der Waals surface area contributed by atoms with Gasteiger partial charge < -0.3 is 9.47 Å². The number of aromatic nitrogens is 1. The summed E-state index contributed by atoms with van der Waals surface area (Å²) < 4.78 is 41.6. The van der Waals surface area contributed by atoms with Gasteiger partial charge in [-0.05, 0) is 149 Å². The molecule has 1 aromatic heterocycles. The van der Waals surface area contributed by atoms with Crippen molar-refractivity contribution in [1.82, 2.24) is 4.57 Å². The lowest BCUT2D eigenvalue weighted by Gasteiger charge is -2.40. The smallest absolute Gasteiger partial charge is 0.0726 e. The van der Waals surface area contributed by atoms with Gasteiger partial charge in [0.2, 0.25) is 0 Å². The van der Waals surface area contributed by atoms with Crippen LogP contribution in [0.5, 0.6) is 0 Å². The van der Waals surface area contributed by atoms with E-state index in [0.717, 1.165) is 88.7 Å². The third kappa shape index (κ3) is 4.86. The van der Waals surface area contributed by atoms with E-state index in [-0.39, 0.29) is 24.2 Å². The molecule has 12 aromatic carbocycles. The van der Waals surface area contributed by atoms with E-state index in [4.69, 9.17) is 0 Å². The molecule has 1 unspecified atom stereocenters. The molecular weight excluding hydrogens is 893 g/mol. The number of hydrogen-bond acceptors (Lipinski definition) is 1. The maximum atomic E-state index is 10.2. The van der Waals surface area contributed by atoms with Crippen LogP contribution in [0.25, 0.3) is 82.8 Å². The van der Waals surface area contributed by atoms with Crippen molar-refractivity contribution in [2.75, 3.05) is 4.90 Å². The molecule has 74 heavy (non-hydrogen) atoms. The van der Waals surface area contributed by atoms with Crippen LogP contribution >= 0.6 is 0 Å². The van der Waals surface area contributed by atoms with Gasteiger partial charge in [0, 0.05) is 33.4 Å². The van der Waals surface area contributed by atoms with Gasteiger partial charge in [-0.25, -0.2) is 0 Å². The van der Waals surface area contributed by atoms with Gasteiger partial charge in [-0.15, -0.1) is 0 Å². The zero-order valence-electron chi connectivity index (χ0n) is 44.0. The summed E-state index contributed by atoms with van der Waals surface area (Å²) >= 11 is 0. The molecule has 0 aliphatic heterocycles. The second kappa shape index (κ2) is 14.6.